The maximum absolute atomic E-state index is 4.60. The van der Waals surface area contributed by atoms with Crippen LogP contribution in [0.5, 0.6) is 0 Å². The lowest BCUT2D eigenvalue weighted by Gasteiger charge is -2.09. The molecule has 0 atom stereocenters. The quantitative estimate of drug-likeness (QED) is 0.751. The highest BCUT2D eigenvalue weighted by Gasteiger charge is 2.11. The lowest BCUT2D eigenvalue weighted by Crippen LogP contribution is -2.03. The first-order valence-corrected chi connectivity index (χ1v) is 6.64. The molecule has 0 saturated carbocycles. The van der Waals surface area contributed by atoms with E-state index in [1.165, 1.54) is 5.69 Å². The van der Waals surface area contributed by atoms with E-state index >= 15 is 0 Å². The molecule has 0 radical (unpaired) electrons. The highest BCUT2D eigenvalue weighted by molar-refractivity contribution is 7.98. The van der Waals surface area contributed by atoms with Gasteiger partial charge in [0.15, 0.2) is 0 Å². The third-order valence-corrected chi connectivity index (χ3v) is 3.13. The standard InChI is InChI=1S/C13H16N2S/c1-10(2)12-9-13(16-3)14-15(12)11-7-5-4-6-8-11/h4-10H,1-3H3. The topological polar surface area (TPSA) is 17.8 Å². The Balaban J connectivity index is 2.51. The van der Waals surface area contributed by atoms with Crippen LogP contribution in [0.3, 0.4) is 0 Å². The maximum atomic E-state index is 4.60. The van der Waals surface area contributed by atoms with Crippen LogP contribution in [0.25, 0.3) is 5.69 Å². The fourth-order valence-electron chi connectivity index (χ4n) is 1.66. The Morgan fingerprint density at radius 1 is 1.19 bits per heavy atom. The van der Waals surface area contributed by atoms with Gasteiger partial charge in [0.2, 0.25) is 0 Å². The normalized spacial score (nSPS) is 11.0. The van der Waals surface area contributed by atoms with Crippen molar-refractivity contribution >= 4 is 11.8 Å². The van der Waals surface area contributed by atoms with Crippen LogP contribution in [0.1, 0.15) is 25.5 Å². The minimum Gasteiger partial charge on any atom is -0.236 e. The summed E-state index contributed by atoms with van der Waals surface area (Å²) in [6, 6.07) is 12.5. The molecule has 0 fully saturated rings. The average Bonchev–Trinajstić information content (AvgIpc) is 2.74. The molecule has 0 unspecified atom stereocenters. The van der Waals surface area contributed by atoms with Crippen LogP contribution in [0.2, 0.25) is 0 Å². The zero-order valence-corrected chi connectivity index (χ0v) is 10.7. The molecule has 0 spiro atoms. The first-order valence-electron chi connectivity index (χ1n) is 5.41. The summed E-state index contributed by atoms with van der Waals surface area (Å²) in [4.78, 5) is 0. The molecule has 0 aliphatic carbocycles. The molecule has 1 aromatic heterocycles. The van der Waals surface area contributed by atoms with Crippen molar-refractivity contribution < 1.29 is 0 Å². The van der Waals surface area contributed by atoms with Gasteiger partial charge < -0.3 is 0 Å². The van der Waals surface area contributed by atoms with Crippen LogP contribution in [0.15, 0.2) is 41.4 Å². The van der Waals surface area contributed by atoms with Gasteiger partial charge >= 0.3 is 0 Å². The highest BCUT2D eigenvalue weighted by Crippen LogP contribution is 2.23. The molecule has 2 aromatic rings. The van der Waals surface area contributed by atoms with Crippen LogP contribution in [-0.4, -0.2) is 16.0 Å². The Hall–Kier alpha value is -1.22. The van der Waals surface area contributed by atoms with Crippen molar-refractivity contribution in [2.24, 2.45) is 0 Å². The Kier molecular flexibility index (Phi) is 3.34. The Morgan fingerprint density at radius 3 is 2.44 bits per heavy atom. The van der Waals surface area contributed by atoms with Gasteiger partial charge in [0.05, 0.1) is 5.69 Å². The molecule has 16 heavy (non-hydrogen) atoms. The molecule has 84 valence electrons. The molecule has 1 aromatic carbocycles. The molecular weight excluding hydrogens is 216 g/mol. The summed E-state index contributed by atoms with van der Waals surface area (Å²) < 4.78 is 2.04. The predicted molar refractivity (Wildman–Crippen MR) is 69.4 cm³/mol. The summed E-state index contributed by atoms with van der Waals surface area (Å²) in [5, 5.41) is 5.68. The third-order valence-electron chi connectivity index (χ3n) is 2.52. The van der Waals surface area contributed by atoms with E-state index in [2.05, 4.69) is 43.4 Å². The van der Waals surface area contributed by atoms with Crippen LogP contribution in [0, 0.1) is 0 Å². The smallest absolute Gasteiger partial charge is 0.119 e. The Labute approximate surface area is 101 Å². The number of hydrogen-bond donors (Lipinski definition) is 0. The number of thioether (sulfide) groups is 1. The molecule has 0 bridgehead atoms. The first-order chi connectivity index (χ1) is 7.72. The van der Waals surface area contributed by atoms with E-state index in [0.717, 1.165) is 10.7 Å². The van der Waals surface area contributed by atoms with Crippen molar-refractivity contribution in [3.05, 3.63) is 42.1 Å². The van der Waals surface area contributed by atoms with Gasteiger partial charge in [-0.1, -0.05) is 32.0 Å². The van der Waals surface area contributed by atoms with Crippen molar-refractivity contribution in [1.82, 2.24) is 9.78 Å². The minimum atomic E-state index is 0.480. The van der Waals surface area contributed by atoms with Gasteiger partial charge in [0.1, 0.15) is 5.03 Å². The number of rotatable bonds is 3. The fraction of sp³-hybridized carbons (Fsp3) is 0.308. The Morgan fingerprint density at radius 2 is 1.88 bits per heavy atom. The monoisotopic (exact) mass is 232 g/mol. The van der Waals surface area contributed by atoms with Gasteiger partial charge in [-0.15, -0.1) is 11.8 Å². The largest absolute Gasteiger partial charge is 0.236 e. The second kappa shape index (κ2) is 4.74. The summed E-state index contributed by atoms with van der Waals surface area (Å²) >= 11 is 1.68. The summed E-state index contributed by atoms with van der Waals surface area (Å²) in [6.45, 7) is 4.39. The number of aromatic nitrogens is 2. The fourth-order valence-corrected chi connectivity index (χ4v) is 2.06. The summed E-state index contributed by atoms with van der Waals surface area (Å²) in [6.07, 6.45) is 2.06. The second-order valence-corrected chi connectivity index (χ2v) is 4.84. The number of para-hydroxylation sites is 1. The van der Waals surface area contributed by atoms with Crippen molar-refractivity contribution in [2.75, 3.05) is 6.26 Å². The van der Waals surface area contributed by atoms with E-state index < -0.39 is 0 Å². The van der Waals surface area contributed by atoms with Crippen LogP contribution < -0.4 is 0 Å². The van der Waals surface area contributed by atoms with E-state index in [-0.39, 0.29) is 0 Å². The van der Waals surface area contributed by atoms with Crippen LogP contribution in [0.4, 0.5) is 0 Å². The zero-order valence-electron chi connectivity index (χ0n) is 9.84. The summed E-state index contributed by atoms with van der Waals surface area (Å²) in [5.74, 6) is 0.480. The van der Waals surface area contributed by atoms with E-state index in [1.807, 2.05) is 22.9 Å². The zero-order chi connectivity index (χ0) is 11.5. The predicted octanol–water partition coefficient (Wildman–Crippen LogP) is 3.72. The molecular formula is C13H16N2S. The molecule has 0 aliphatic heterocycles. The highest BCUT2D eigenvalue weighted by atomic mass is 32.2. The van der Waals surface area contributed by atoms with Gasteiger partial charge in [0, 0.05) is 5.69 Å². The molecule has 2 nitrogen and oxygen atoms in total. The van der Waals surface area contributed by atoms with Crippen molar-refractivity contribution in [2.45, 2.75) is 24.8 Å². The summed E-state index contributed by atoms with van der Waals surface area (Å²) in [7, 11) is 0. The SMILES string of the molecule is CSc1cc(C(C)C)n(-c2ccccc2)n1. The van der Waals surface area contributed by atoms with E-state index in [0.29, 0.717) is 5.92 Å². The summed E-state index contributed by atoms with van der Waals surface area (Å²) in [5.41, 5.74) is 2.39. The molecule has 0 N–H and O–H groups in total. The van der Waals surface area contributed by atoms with Gasteiger partial charge in [-0.25, -0.2) is 4.68 Å². The van der Waals surface area contributed by atoms with Crippen LogP contribution in [-0.2, 0) is 0 Å². The average molecular weight is 232 g/mol. The molecule has 0 amide bonds. The number of hydrogen-bond acceptors (Lipinski definition) is 2. The van der Waals surface area contributed by atoms with Gasteiger partial charge in [-0.05, 0) is 30.4 Å². The van der Waals surface area contributed by atoms with Crippen molar-refractivity contribution in [3.8, 4) is 5.69 Å². The first kappa shape index (κ1) is 11.3. The molecule has 3 heteroatoms. The van der Waals surface area contributed by atoms with Crippen LogP contribution >= 0.6 is 11.8 Å². The van der Waals surface area contributed by atoms with E-state index in [9.17, 15) is 0 Å². The Bertz CT molecular complexity index is 460. The van der Waals surface area contributed by atoms with Gasteiger partial charge in [-0.2, -0.15) is 5.10 Å². The molecule has 2 rings (SSSR count). The maximum Gasteiger partial charge on any atom is 0.119 e. The van der Waals surface area contributed by atoms with Gasteiger partial charge in [0.25, 0.3) is 0 Å². The minimum absolute atomic E-state index is 0.480. The second-order valence-electron chi connectivity index (χ2n) is 4.01. The van der Waals surface area contributed by atoms with Crippen molar-refractivity contribution in [3.63, 3.8) is 0 Å². The molecule has 0 aliphatic rings. The lowest BCUT2D eigenvalue weighted by molar-refractivity contribution is 0.725. The van der Waals surface area contributed by atoms with Gasteiger partial charge in [-0.3, -0.25) is 0 Å². The lowest BCUT2D eigenvalue weighted by atomic mass is 10.1. The molecule has 0 saturated heterocycles. The molecule has 1 heterocycles. The third kappa shape index (κ3) is 2.14. The number of benzene rings is 1. The van der Waals surface area contributed by atoms with Crippen molar-refractivity contribution in [1.29, 1.82) is 0 Å². The van der Waals surface area contributed by atoms with E-state index in [4.69, 9.17) is 0 Å². The number of nitrogens with zero attached hydrogens (tertiary/aromatic N) is 2. The van der Waals surface area contributed by atoms with E-state index in [1.54, 1.807) is 11.8 Å².